The molecule has 8 heteroatoms. The van der Waals surface area contributed by atoms with Crippen molar-refractivity contribution in [1.29, 1.82) is 0 Å². The van der Waals surface area contributed by atoms with Crippen molar-refractivity contribution in [3.63, 3.8) is 0 Å². The molecular weight excluding hydrogens is 268 g/mol. The molecule has 0 saturated carbocycles. The number of carbonyl (C=O) groups excluding carboxylic acids is 1. The summed E-state index contributed by atoms with van der Waals surface area (Å²) < 4.78 is 22.6. The van der Waals surface area contributed by atoms with Gasteiger partial charge < -0.3 is 16.0 Å². The van der Waals surface area contributed by atoms with Gasteiger partial charge in [0.25, 0.3) is 0 Å². The van der Waals surface area contributed by atoms with Crippen LogP contribution >= 0.6 is 0 Å². The van der Waals surface area contributed by atoms with Crippen LogP contribution in [0.4, 0.5) is 11.4 Å². The van der Waals surface area contributed by atoms with E-state index in [1.165, 1.54) is 25.2 Å². The van der Waals surface area contributed by atoms with Crippen molar-refractivity contribution >= 4 is 27.3 Å². The van der Waals surface area contributed by atoms with Crippen molar-refractivity contribution in [2.24, 2.45) is 5.14 Å². The molecule has 0 bridgehead atoms. The molecule has 0 heterocycles. The second-order valence-electron chi connectivity index (χ2n) is 3.95. The minimum atomic E-state index is -3.80. The zero-order valence-electron chi connectivity index (χ0n) is 10.9. The molecule has 5 N–H and O–H groups in total. The van der Waals surface area contributed by atoms with Gasteiger partial charge in [0.1, 0.15) is 0 Å². The first-order valence-corrected chi connectivity index (χ1v) is 7.22. The Bertz CT molecular complexity index is 571. The van der Waals surface area contributed by atoms with Crippen LogP contribution in [0.25, 0.3) is 0 Å². The molecule has 0 aliphatic rings. The summed E-state index contributed by atoms with van der Waals surface area (Å²) in [5.41, 5.74) is 6.67. The summed E-state index contributed by atoms with van der Waals surface area (Å²) in [5, 5.41) is 7.58. The van der Waals surface area contributed by atoms with Gasteiger partial charge >= 0.3 is 0 Å². The van der Waals surface area contributed by atoms with Gasteiger partial charge in [-0.05, 0) is 25.1 Å². The number of nitrogens with zero attached hydrogens (tertiary/aromatic N) is 1. The van der Waals surface area contributed by atoms with Gasteiger partial charge in [0, 0.05) is 13.6 Å². The molecule has 0 aliphatic carbocycles. The highest BCUT2D eigenvalue weighted by molar-refractivity contribution is 7.89. The van der Waals surface area contributed by atoms with Crippen molar-refractivity contribution in [3.8, 4) is 0 Å². The zero-order chi connectivity index (χ0) is 14.6. The van der Waals surface area contributed by atoms with Gasteiger partial charge in [-0.3, -0.25) is 4.79 Å². The molecule has 0 radical (unpaired) electrons. The number of nitrogens with one attached hydrogen (secondary N) is 1. The van der Waals surface area contributed by atoms with E-state index in [4.69, 9.17) is 10.9 Å². The van der Waals surface area contributed by atoms with Crippen molar-refractivity contribution in [2.45, 2.75) is 11.8 Å². The maximum atomic E-state index is 11.4. The van der Waals surface area contributed by atoms with Crippen molar-refractivity contribution in [1.82, 2.24) is 5.32 Å². The minimum absolute atomic E-state index is 0.0351. The number of nitrogens with two attached hydrogens (primary N) is 2. The molecular formula is C11H18N4O3S. The second kappa shape index (κ2) is 5.89. The van der Waals surface area contributed by atoms with E-state index < -0.39 is 10.0 Å². The fraction of sp³-hybridized carbons (Fsp3) is 0.364. The summed E-state index contributed by atoms with van der Waals surface area (Å²) in [6, 6.07) is 4.17. The molecule has 1 amide bonds. The lowest BCUT2D eigenvalue weighted by Gasteiger charge is -2.24. The average Bonchev–Trinajstić information content (AvgIpc) is 2.35. The first-order chi connectivity index (χ1) is 8.79. The molecule has 0 fully saturated rings. The van der Waals surface area contributed by atoms with Crippen LogP contribution in [-0.4, -0.2) is 34.5 Å². The number of benzene rings is 1. The Morgan fingerprint density at radius 3 is 2.53 bits per heavy atom. The lowest BCUT2D eigenvalue weighted by molar-refractivity contribution is -0.119. The second-order valence-corrected chi connectivity index (χ2v) is 5.51. The number of amides is 1. The summed E-state index contributed by atoms with van der Waals surface area (Å²) in [6.45, 7) is 2.43. The molecule has 0 spiro atoms. The van der Waals surface area contributed by atoms with Crippen molar-refractivity contribution < 1.29 is 13.2 Å². The summed E-state index contributed by atoms with van der Waals surface area (Å²) in [6.07, 6.45) is 0. The number of carbonyl (C=O) groups is 1. The quantitative estimate of drug-likeness (QED) is 0.630. The molecule has 106 valence electrons. The lowest BCUT2D eigenvalue weighted by Crippen LogP contribution is -2.36. The van der Waals surface area contributed by atoms with Gasteiger partial charge in [0.15, 0.2) is 0 Å². The van der Waals surface area contributed by atoms with E-state index in [1.54, 1.807) is 4.90 Å². The Morgan fingerprint density at radius 1 is 1.42 bits per heavy atom. The first kappa shape index (κ1) is 15.3. The average molecular weight is 286 g/mol. The molecule has 0 aliphatic heterocycles. The van der Waals surface area contributed by atoms with Gasteiger partial charge in [0.2, 0.25) is 15.9 Å². The molecule has 0 aromatic heterocycles. The molecule has 7 nitrogen and oxygen atoms in total. The largest absolute Gasteiger partial charge is 0.397 e. The first-order valence-electron chi connectivity index (χ1n) is 5.67. The van der Waals surface area contributed by atoms with Gasteiger partial charge in [-0.1, -0.05) is 0 Å². The van der Waals surface area contributed by atoms with Crippen molar-refractivity contribution in [3.05, 3.63) is 18.2 Å². The standard InChI is InChI=1S/C11H18N4O3S/c1-3-15(7-11(16)14-2)10-6-8(19(13,17)18)4-5-9(10)12/h4-6H,3,7,12H2,1-2H3,(H,14,16)(H2,13,17,18). The molecule has 19 heavy (non-hydrogen) atoms. The smallest absolute Gasteiger partial charge is 0.239 e. The van der Waals surface area contributed by atoms with Gasteiger partial charge in [-0.15, -0.1) is 0 Å². The van der Waals surface area contributed by atoms with Gasteiger partial charge in [-0.2, -0.15) is 0 Å². The number of primary sulfonamides is 1. The molecule has 0 saturated heterocycles. The van der Waals surface area contributed by atoms with E-state index in [9.17, 15) is 13.2 Å². The van der Waals surface area contributed by atoms with Crippen LogP contribution in [0, 0.1) is 0 Å². The summed E-state index contributed by atoms with van der Waals surface area (Å²) in [5.74, 6) is -0.192. The monoisotopic (exact) mass is 286 g/mol. The highest BCUT2D eigenvalue weighted by atomic mass is 32.2. The highest BCUT2D eigenvalue weighted by Gasteiger charge is 2.15. The topological polar surface area (TPSA) is 119 Å². The predicted molar refractivity (Wildman–Crippen MR) is 74.2 cm³/mol. The third-order valence-corrected chi connectivity index (χ3v) is 3.58. The normalized spacial score (nSPS) is 11.1. The maximum absolute atomic E-state index is 11.4. The lowest BCUT2D eigenvalue weighted by atomic mass is 10.2. The van der Waals surface area contributed by atoms with Crippen molar-refractivity contribution in [2.75, 3.05) is 30.8 Å². The number of hydrogen-bond donors (Lipinski definition) is 3. The Labute approximate surface area is 112 Å². The summed E-state index contributed by atoms with van der Waals surface area (Å²) >= 11 is 0. The van der Waals surface area contributed by atoms with E-state index in [1.807, 2.05) is 6.92 Å². The predicted octanol–water partition coefficient (Wildman–Crippen LogP) is -0.511. The maximum Gasteiger partial charge on any atom is 0.239 e. The Morgan fingerprint density at radius 2 is 2.05 bits per heavy atom. The van der Waals surface area contributed by atoms with Crippen LogP contribution in [0.5, 0.6) is 0 Å². The summed E-state index contributed by atoms with van der Waals surface area (Å²) in [7, 11) is -2.27. The van der Waals surface area contributed by atoms with Gasteiger partial charge in [0.05, 0.1) is 22.8 Å². The van der Waals surface area contributed by atoms with E-state index in [-0.39, 0.29) is 17.3 Å². The number of rotatable bonds is 5. The third kappa shape index (κ3) is 3.83. The number of nitrogen functional groups attached to an aromatic ring is 1. The third-order valence-electron chi connectivity index (χ3n) is 2.67. The Kier molecular flexibility index (Phi) is 4.73. The SMILES string of the molecule is CCN(CC(=O)NC)c1cc(S(N)(=O)=O)ccc1N. The van der Waals surface area contributed by atoms with E-state index in [0.29, 0.717) is 17.9 Å². The van der Waals surface area contributed by atoms with Crippen LogP contribution in [0.2, 0.25) is 0 Å². The van der Waals surface area contributed by atoms with E-state index >= 15 is 0 Å². The number of likely N-dealkylation sites (N-methyl/N-ethyl adjacent to an activating group) is 2. The molecule has 1 aromatic carbocycles. The van der Waals surface area contributed by atoms with Crippen LogP contribution in [0.3, 0.4) is 0 Å². The van der Waals surface area contributed by atoms with Crippen LogP contribution in [-0.2, 0) is 14.8 Å². The molecule has 0 atom stereocenters. The number of hydrogen-bond acceptors (Lipinski definition) is 5. The van der Waals surface area contributed by atoms with Crippen LogP contribution < -0.4 is 21.1 Å². The molecule has 1 rings (SSSR count). The Hall–Kier alpha value is -1.80. The van der Waals surface area contributed by atoms with E-state index in [2.05, 4.69) is 5.32 Å². The Balaban J connectivity index is 3.19. The zero-order valence-corrected chi connectivity index (χ0v) is 11.7. The van der Waals surface area contributed by atoms with Gasteiger partial charge in [-0.25, -0.2) is 13.6 Å². The number of anilines is 2. The molecule has 1 aromatic rings. The fourth-order valence-electron chi connectivity index (χ4n) is 1.59. The number of sulfonamides is 1. The van der Waals surface area contributed by atoms with Crippen LogP contribution in [0.15, 0.2) is 23.1 Å². The van der Waals surface area contributed by atoms with E-state index in [0.717, 1.165) is 0 Å². The highest BCUT2D eigenvalue weighted by Crippen LogP contribution is 2.26. The summed E-state index contributed by atoms with van der Waals surface area (Å²) in [4.78, 5) is 13.0. The molecule has 0 unspecified atom stereocenters. The fourth-order valence-corrected chi connectivity index (χ4v) is 2.13. The van der Waals surface area contributed by atoms with Crippen LogP contribution in [0.1, 0.15) is 6.92 Å². The minimum Gasteiger partial charge on any atom is -0.397 e.